The van der Waals surface area contributed by atoms with Crippen LogP contribution in [0.1, 0.15) is 166 Å². The summed E-state index contributed by atoms with van der Waals surface area (Å²) < 4.78 is 0. The molecule has 3 aromatic carbocycles. The molecule has 0 saturated carbocycles. The molecule has 0 spiro atoms. The Morgan fingerprint density at radius 2 is 1.15 bits per heavy atom. The second kappa shape index (κ2) is 19.6. The standard InChI is InChI=1S/C51H66N4/c1-6-8-10-12-14-23-35-51(36-24-15-13-11-9-7-2)44-29-21-20-28-42(44)43-33-31-40(37-45(43)51)46-34-32-41(38-52-46)48-53-47(54-49(55-48)50(3,4)5)30-22-19-27-39-25-17-16-18-26-39/h16-18,20-21,25-26,28-29,31-34,37-38H,6-15,19,22-24,27,30,35-36H2,1-5H3. The van der Waals surface area contributed by atoms with E-state index in [2.05, 4.69) is 120 Å². The second-order valence-corrected chi connectivity index (χ2v) is 17.2. The van der Waals surface area contributed by atoms with E-state index < -0.39 is 0 Å². The number of unbranched alkanes of at least 4 members (excludes halogenated alkanes) is 11. The average molecular weight is 735 g/mol. The number of fused-ring (bicyclic) bond motifs is 3. The molecule has 6 rings (SSSR count). The van der Waals surface area contributed by atoms with Crippen LogP contribution < -0.4 is 0 Å². The summed E-state index contributed by atoms with van der Waals surface area (Å²) in [7, 11) is 0. The summed E-state index contributed by atoms with van der Waals surface area (Å²) in [6.45, 7) is 11.2. The van der Waals surface area contributed by atoms with E-state index in [1.165, 1.54) is 118 Å². The predicted molar refractivity (Wildman–Crippen MR) is 232 cm³/mol. The second-order valence-electron chi connectivity index (χ2n) is 17.2. The maximum atomic E-state index is 5.09. The van der Waals surface area contributed by atoms with Gasteiger partial charge < -0.3 is 0 Å². The van der Waals surface area contributed by atoms with Crippen LogP contribution in [0.4, 0.5) is 0 Å². The highest BCUT2D eigenvalue weighted by Crippen LogP contribution is 2.55. The summed E-state index contributed by atoms with van der Waals surface area (Å²) >= 11 is 0. The molecule has 4 nitrogen and oxygen atoms in total. The summed E-state index contributed by atoms with van der Waals surface area (Å²) in [5, 5.41) is 0. The van der Waals surface area contributed by atoms with Crippen molar-refractivity contribution in [1.29, 1.82) is 0 Å². The third-order valence-electron chi connectivity index (χ3n) is 11.8. The normalized spacial score (nSPS) is 13.2. The molecule has 2 heterocycles. The minimum atomic E-state index is -0.177. The zero-order valence-electron chi connectivity index (χ0n) is 34.7. The quantitative estimate of drug-likeness (QED) is 0.0704. The van der Waals surface area contributed by atoms with E-state index in [0.29, 0.717) is 0 Å². The largest absolute Gasteiger partial charge is 0.255 e. The molecule has 0 aliphatic heterocycles. The first-order chi connectivity index (χ1) is 26.8. The maximum absolute atomic E-state index is 5.09. The van der Waals surface area contributed by atoms with Gasteiger partial charge in [-0.2, -0.15) is 0 Å². The molecule has 0 unspecified atom stereocenters. The number of nitrogens with zero attached hydrogens (tertiary/aromatic N) is 4. The van der Waals surface area contributed by atoms with Crippen LogP contribution in [0, 0.1) is 0 Å². The third-order valence-corrected chi connectivity index (χ3v) is 11.8. The molecule has 2 aromatic heterocycles. The molecule has 1 aliphatic rings. The maximum Gasteiger partial charge on any atom is 0.164 e. The van der Waals surface area contributed by atoms with Gasteiger partial charge in [0.15, 0.2) is 5.82 Å². The Bertz CT molecular complexity index is 1910. The average Bonchev–Trinajstić information content (AvgIpc) is 3.48. The molecule has 5 aromatic rings. The molecule has 0 saturated heterocycles. The van der Waals surface area contributed by atoms with Crippen molar-refractivity contribution >= 4 is 0 Å². The van der Waals surface area contributed by atoms with Crippen LogP contribution in [0.3, 0.4) is 0 Å². The van der Waals surface area contributed by atoms with Crippen LogP contribution in [0.2, 0.25) is 0 Å². The molecular weight excluding hydrogens is 669 g/mol. The minimum Gasteiger partial charge on any atom is -0.255 e. The lowest BCUT2D eigenvalue weighted by Crippen LogP contribution is -2.25. The predicted octanol–water partition coefficient (Wildman–Crippen LogP) is 14.2. The van der Waals surface area contributed by atoms with Crippen LogP contribution >= 0.6 is 0 Å². The lowest BCUT2D eigenvalue weighted by Gasteiger charge is -2.33. The molecule has 4 heteroatoms. The van der Waals surface area contributed by atoms with E-state index >= 15 is 0 Å². The fourth-order valence-corrected chi connectivity index (χ4v) is 8.64. The van der Waals surface area contributed by atoms with Gasteiger partial charge in [0.25, 0.3) is 0 Å². The third kappa shape index (κ3) is 10.4. The number of hydrogen-bond acceptors (Lipinski definition) is 4. The summed E-state index contributed by atoms with van der Waals surface area (Å²) in [5.74, 6) is 2.43. The Kier molecular flexibility index (Phi) is 14.4. The van der Waals surface area contributed by atoms with Crippen molar-refractivity contribution < 1.29 is 0 Å². The minimum absolute atomic E-state index is 0.0587. The Labute approximate surface area is 333 Å². The highest BCUT2D eigenvalue weighted by atomic mass is 15.0. The van der Waals surface area contributed by atoms with Crippen molar-refractivity contribution in [3.63, 3.8) is 0 Å². The summed E-state index contributed by atoms with van der Waals surface area (Å²) in [4.78, 5) is 20.0. The zero-order valence-corrected chi connectivity index (χ0v) is 34.7. The van der Waals surface area contributed by atoms with Gasteiger partial charge in [0.05, 0.1) is 5.69 Å². The van der Waals surface area contributed by atoms with Gasteiger partial charge in [-0.15, -0.1) is 0 Å². The van der Waals surface area contributed by atoms with E-state index in [4.69, 9.17) is 19.9 Å². The fraction of sp³-hybridized carbons (Fsp3) is 0.490. The molecule has 0 N–H and O–H groups in total. The highest BCUT2D eigenvalue weighted by molar-refractivity contribution is 5.83. The number of aryl methyl sites for hydroxylation is 2. The first kappa shape index (κ1) is 40.5. The van der Waals surface area contributed by atoms with Crippen LogP contribution in [0.15, 0.2) is 91.1 Å². The smallest absolute Gasteiger partial charge is 0.164 e. The fourth-order valence-electron chi connectivity index (χ4n) is 8.64. The van der Waals surface area contributed by atoms with E-state index in [-0.39, 0.29) is 10.8 Å². The Balaban J connectivity index is 1.25. The Morgan fingerprint density at radius 1 is 0.527 bits per heavy atom. The van der Waals surface area contributed by atoms with Crippen molar-refractivity contribution in [2.24, 2.45) is 0 Å². The molecule has 0 amide bonds. The van der Waals surface area contributed by atoms with Gasteiger partial charge in [-0.3, -0.25) is 4.98 Å². The molecule has 0 fully saturated rings. The van der Waals surface area contributed by atoms with Crippen LogP contribution in [-0.2, 0) is 23.7 Å². The number of pyridine rings is 1. The molecule has 290 valence electrons. The monoisotopic (exact) mass is 735 g/mol. The molecule has 1 aliphatic carbocycles. The summed E-state index contributed by atoms with van der Waals surface area (Å²) in [6, 6.07) is 31.5. The van der Waals surface area contributed by atoms with E-state index in [9.17, 15) is 0 Å². The van der Waals surface area contributed by atoms with Crippen molar-refractivity contribution in [3.8, 4) is 33.8 Å². The Hall–Kier alpha value is -4.18. The lowest BCUT2D eigenvalue weighted by molar-refractivity contribution is 0.398. The lowest BCUT2D eigenvalue weighted by atomic mass is 9.70. The molecule has 0 bridgehead atoms. The zero-order chi connectivity index (χ0) is 38.5. The van der Waals surface area contributed by atoms with Gasteiger partial charge in [0.2, 0.25) is 0 Å². The number of hydrogen-bond donors (Lipinski definition) is 0. The van der Waals surface area contributed by atoms with Gasteiger partial charge >= 0.3 is 0 Å². The van der Waals surface area contributed by atoms with Crippen LogP contribution in [0.25, 0.3) is 33.8 Å². The van der Waals surface area contributed by atoms with E-state index in [0.717, 1.165) is 54.4 Å². The molecule has 0 radical (unpaired) electrons. The SMILES string of the molecule is CCCCCCCCC1(CCCCCCCC)c2ccccc2-c2ccc(-c3ccc(-c4nc(CCCCc5ccccc5)nc(C(C)(C)C)n4)cn3)cc21. The van der Waals surface area contributed by atoms with Crippen LogP contribution in [0.5, 0.6) is 0 Å². The van der Waals surface area contributed by atoms with Crippen molar-refractivity contribution in [3.05, 3.63) is 119 Å². The van der Waals surface area contributed by atoms with Gasteiger partial charge in [0.1, 0.15) is 11.6 Å². The van der Waals surface area contributed by atoms with Crippen molar-refractivity contribution in [2.45, 2.75) is 161 Å². The van der Waals surface area contributed by atoms with Crippen molar-refractivity contribution in [1.82, 2.24) is 19.9 Å². The van der Waals surface area contributed by atoms with E-state index in [1.807, 2.05) is 6.20 Å². The first-order valence-electron chi connectivity index (χ1n) is 21.8. The van der Waals surface area contributed by atoms with E-state index in [1.54, 1.807) is 5.56 Å². The first-order valence-corrected chi connectivity index (χ1v) is 21.8. The van der Waals surface area contributed by atoms with Gasteiger partial charge in [-0.05, 0) is 78.1 Å². The van der Waals surface area contributed by atoms with Crippen LogP contribution in [-0.4, -0.2) is 19.9 Å². The summed E-state index contributed by atoms with van der Waals surface area (Å²) in [5.41, 5.74) is 10.3. The van der Waals surface area contributed by atoms with Gasteiger partial charge in [-0.1, -0.05) is 178 Å². The number of aromatic nitrogens is 4. The molecule has 55 heavy (non-hydrogen) atoms. The number of rotatable bonds is 21. The Morgan fingerprint density at radius 3 is 1.82 bits per heavy atom. The van der Waals surface area contributed by atoms with Gasteiger partial charge in [0, 0.05) is 34.6 Å². The summed E-state index contributed by atoms with van der Waals surface area (Å²) in [6.07, 6.45) is 24.4. The highest BCUT2D eigenvalue weighted by Gasteiger charge is 2.42. The molecular formula is C51H66N4. The van der Waals surface area contributed by atoms with Gasteiger partial charge in [-0.25, -0.2) is 15.0 Å². The van der Waals surface area contributed by atoms with Crippen molar-refractivity contribution in [2.75, 3.05) is 0 Å². The molecule has 0 atom stereocenters. The topological polar surface area (TPSA) is 51.6 Å². The number of benzene rings is 3.